The van der Waals surface area contributed by atoms with Gasteiger partial charge in [-0.05, 0) is 19.3 Å². The van der Waals surface area contributed by atoms with Gasteiger partial charge in [-0.15, -0.1) is 0 Å². The lowest BCUT2D eigenvalue weighted by Gasteiger charge is -2.21. The van der Waals surface area contributed by atoms with Gasteiger partial charge in [0.25, 0.3) is 0 Å². The summed E-state index contributed by atoms with van der Waals surface area (Å²) in [6.07, 6.45) is 3.90. The van der Waals surface area contributed by atoms with Crippen molar-refractivity contribution < 1.29 is 9.47 Å². The minimum Gasteiger partial charge on any atom is -0.380 e. The molecule has 0 bridgehead atoms. The highest BCUT2D eigenvalue weighted by Crippen LogP contribution is 2.44. The van der Waals surface area contributed by atoms with Crippen LogP contribution < -0.4 is 5.32 Å². The molecule has 0 aromatic heterocycles. The second kappa shape index (κ2) is 2.98. The van der Waals surface area contributed by atoms with E-state index in [1.54, 1.807) is 7.11 Å². The summed E-state index contributed by atoms with van der Waals surface area (Å²) in [7, 11) is 3.59. The van der Waals surface area contributed by atoms with Crippen LogP contribution in [0.25, 0.3) is 0 Å². The fourth-order valence-electron chi connectivity index (χ4n) is 2.10. The van der Waals surface area contributed by atoms with Crippen LogP contribution in [0.1, 0.15) is 19.3 Å². The van der Waals surface area contributed by atoms with Gasteiger partial charge in [-0.3, -0.25) is 0 Å². The molecule has 12 heavy (non-hydrogen) atoms. The summed E-state index contributed by atoms with van der Waals surface area (Å²) in [4.78, 5) is 0. The Hall–Kier alpha value is -0.120. The van der Waals surface area contributed by atoms with E-state index in [0.717, 1.165) is 13.0 Å². The lowest BCUT2D eigenvalue weighted by atomic mass is 10.1. The van der Waals surface area contributed by atoms with Gasteiger partial charge in [0.15, 0.2) is 0 Å². The lowest BCUT2D eigenvalue weighted by Crippen LogP contribution is -2.37. The number of methoxy groups -OCH3 is 2. The van der Waals surface area contributed by atoms with E-state index in [9.17, 15) is 0 Å². The predicted octanol–water partition coefficient (Wildman–Crippen LogP) is 0.542. The maximum absolute atomic E-state index is 5.51. The molecular weight excluding hydrogens is 154 g/mol. The molecule has 1 aliphatic carbocycles. The summed E-state index contributed by atoms with van der Waals surface area (Å²) in [5, 5.41) is 3.46. The van der Waals surface area contributed by atoms with E-state index in [-0.39, 0.29) is 5.60 Å². The van der Waals surface area contributed by atoms with Gasteiger partial charge in [-0.25, -0.2) is 0 Å². The van der Waals surface area contributed by atoms with Crippen LogP contribution in [0.3, 0.4) is 0 Å². The zero-order valence-corrected chi connectivity index (χ0v) is 7.80. The average molecular weight is 171 g/mol. The molecule has 1 heterocycles. The van der Waals surface area contributed by atoms with Crippen LogP contribution >= 0.6 is 0 Å². The number of hydrogen-bond acceptors (Lipinski definition) is 3. The number of rotatable bonds is 3. The standard InChI is InChI=1S/C9H17NO2/c1-11-7-5-8(10-6-7)9(12-2)3-4-9/h7-8,10H,3-6H2,1-2H3/t7-,8+/m1/s1. The Morgan fingerprint density at radius 2 is 2.08 bits per heavy atom. The van der Waals surface area contributed by atoms with Crippen LogP contribution in [0.2, 0.25) is 0 Å². The van der Waals surface area contributed by atoms with Gasteiger partial charge >= 0.3 is 0 Å². The minimum absolute atomic E-state index is 0.160. The third kappa shape index (κ3) is 1.26. The fraction of sp³-hybridized carbons (Fsp3) is 1.00. The molecule has 3 nitrogen and oxygen atoms in total. The van der Waals surface area contributed by atoms with E-state index in [2.05, 4.69) is 5.32 Å². The smallest absolute Gasteiger partial charge is 0.0834 e. The number of ether oxygens (including phenoxy) is 2. The van der Waals surface area contributed by atoms with Gasteiger partial charge < -0.3 is 14.8 Å². The Kier molecular flexibility index (Phi) is 2.10. The second-order valence-electron chi connectivity index (χ2n) is 3.82. The van der Waals surface area contributed by atoms with Gasteiger partial charge in [0, 0.05) is 26.8 Å². The summed E-state index contributed by atoms with van der Waals surface area (Å²) < 4.78 is 10.8. The van der Waals surface area contributed by atoms with Crippen molar-refractivity contribution in [2.45, 2.75) is 37.0 Å². The minimum atomic E-state index is 0.160. The third-order valence-corrected chi connectivity index (χ3v) is 3.21. The zero-order valence-electron chi connectivity index (χ0n) is 7.80. The molecule has 1 saturated carbocycles. The lowest BCUT2D eigenvalue weighted by molar-refractivity contribution is 0.0439. The van der Waals surface area contributed by atoms with Crippen LogP contribution in [0.4, 0.5) is 0 Å². The first kappa shape index (κ1) is 8.48. The van der Waals surface area contributed by atoms with Crippen LogP contribution in [-0.4, -0.2) is 38.5 Å². The Bertz CT molecular complexity index is 168. The largest absolute Gasteiger partial charge is 0.380 e. The first-order chi connectivity index (χ1) is 5.80. The summed E-state index contributed by atoms with van der Waals surface area (Å²) >= 11 is 0. The van der Waals surface area contributed by atoms with Crippen LogP contribution in [0.5, 0.6) is 0 Å². The average Bonchev–Trinajstić information content (AvgIpc) is 2.77. The summed E-state index contributed by atoms with van der Waals surface area (Å²) in [5.41, 5.74) is 0.160. The van der Waals surface area contributed by atoms with Gasteiger partial charge in [-0.2, -0.15) is 0 Å². The molecule has 2 atom stereocenters. The normalized spacial score (nSPS) is 38.5. The van der Waals surface area contributed by atoms with Crippen molar-refractivity contribution in [3.05, 3.63) is 0 Å². The molecule has 0 spiro atoms. The van der Waals surface area contributed by atoms with E-state index in [1.807, 2.05) is 7.11 Å². The molecule has 3 heteroatoms. The molecule has 0 radical (unpaired) electrons. The fourth-order valence-corrected chi connectivity index (χ4v) is 2.10. The Labute approximate surface area is 73.4 Å². The number of hydrogen-bond donors (Lipinski definition) is 1. The maximum Gasteiger partial charge on any atom is 0.0834 e. The molecule has 1 saturated heterocycles. The van der Waals surface area contributed by atoms with Crippen molar-refractivity contribution in [2.75, 3.05) is 20.8 Å². The van der Waals surface area contributed by atoms with Gasteiger partial charge in [-0.1, -0.05) is 0 Å². The summed E-state index contributed by atoms with van der Waals surface area (Å²) in [6, 6.07) is 0.521. The van der Waals surface area contributed by atoms with Crippen molar-refractivity contribution in [1.82, 2.24) is 5.32 Å². The Balaban J connectivity index is 1.90. The predicted molar refractivity (Wildman–Crippen MR) is 46.2 cm³/mol. The van der Waals surface area contributed by atoms with Crippen molar-refractivity contribution in [1.29, 1.82) is 0 Å². The molecule has 70 valence electrons. The van der Waals surface area contributed by atoms with Crippen molar-refractivity contribution >= 4 is 0 Å². The van der Waals surface area contributed by atoms with Crippen molar-refractivity contribution in [2.24, 2.45) is 0 Å². The van der Waals surface area contributed by atoms with Gasteiger partial charge in [0.2, 0.25) is 0 Å². The second-order valence-corrected chi connectivity index (χ2v) is 3.82. The highest BCUT2D eigenvalue weighted by Gasteiger charge is 2.52. The Morgan fingerprint density at radius 1 is 1.33 bits per heavy atom. The molecule has 0 aromatic carbocycles. The first-order valence-corrected chi connectivity index (χ1v) is 4.62. The van der Waals surface area contributed by atoms with Crippen molar-refractivity contribution in [3.8, 4) is 0 Å². The van der Waals surface area contributed by atoms with E-state index >= 15 is 0 Å². The highest BCUT2D eigenvalue weighted by molar-refractivity contribution is 5.08. The molecule has 1 N–H and O–H groups in total. The van der Waals surface area contributed by atoms with Crippen LogP contribution in [0.15, 0.2) is 0 Å². The maximum atomic E-state index is 5.51. The van der Waals surface area contributed by atoms with Crippen LogP contribution in [0, 0.1) is 0 Å². The summed E-state index contributed by atoms with van der Waals surface area (Å²) in [5.74, 6) is 0. The first-order valence-electron chi connectivity index (χ1n) is 4.62. The molecule has 2 aliphatic rings. The molecule has 0 unspecified atom stereocenters. The topological polar surface area (TPSA) is 30.5 Å². The molecule has 2 rings (SSSR count). The monoisotopic (exact) mass is 171 g/mol. The quantitative estimate of drug-likeness (QED) is 0.672. The van der Waals surface area contributed by atoms with E-state index in [0.29, 0.717) is 12.1 Å². The molecule has 1 aliphatic heterocycles. The summed E-state index contributed by atoms with van der Waals surface area (Å²) in [6.45, 7) is 0.978. The van der Waals surface area contributed by atoms with Gasteiger partial charge in [0.1, 0.15) is 0 Å². The van der Waals surface area contributed by atoms with Gasteiger partial charge in [0.05, 0.1) is 11.7 Å². The zero-order chi connectivity index (χ0) is 8.60. The molecule has 2 fully saturated rings. The Morgan fingerprint density at radius 3 is 2.50 bits per heavy atom. The van der Waals surface area contributed by atoms with Crippen molar-refractivity contribution in [3.63, 3.8) is 0 Å². The third-order valence-electron chi connectivity index (χ3n) is 3.21. The molecule has 0 amide bonds. The van der Waals surface area contributed by atoms with Crippen LogP contribution in [-0.2, 0) is 9.47 Å². The van der Waals surface area contributed by atoms with E-state index in [1.165, 1.54) is 12.8 Å². The van der Waals surface area contributed by atoms with E-state index < -0.39 is 0 Å². The molecule has 0 aromatic rings. The highest BCUT2D eigenvalue weighted by atomic mass is 16.5. The molecular formula is C9H17NO2. The van der Waals surface area contributed by atoms with E-state index in [4.69, 9.17) is 9.47 Å². The SMILES string of the molecule is CO[C@H]1CN[C@H](C2(OC)CC2)C1. The number of nitrogens with one attached hydrogen (secondary N) is 1.